The predicted molar refractivity (Wildman–Crippen MR) is 150 cm³/mol. The Morgan fingerprint density at radius 1 is 1.18 bits per heavy atom. The lowest BCUT2D eigenvalue weighted by Gasteiger charge is -2.59. The number of urea groups is 1. The summed E-state index contributed by atoms with van der Waals surface area (Å²) in [7, 11) is 0. The molecule has 0 saturated carbocycles. The van der Waals surface area contributed by atoms with E-state index >= 15 is 4.39 Å². The molecule has 6 fully saturated rings. The smallest absolute Gasteiger partial charge is 0.320 e. The fourth-order valence-electron chi connectivity index (χ4n) is 8.58. The van der Waals surface area contributed by atoms with Crippen LogP contribution >= 0.6 is 0 Å². The first kappa shape index (κ1) is 28.3. The number of hydrazine groups is 2. The van der Waals surface area contributed by atoms with E-state index in [0.717, 1.165) is 32.4 Å². The minimum absolute atomic E-state index is 0.0271. The van der Waals surface area contributed by atoms with Gasteiger partial charge in [0.05, 0.1) is 30.5 Å². The molecule has 0 aromatic heterocycles. The molecule has 11 nitrogen and oxygen atoms in total. The van der Waals surface area contributed by atoms with Gasteiger partial charge in [-0.2, -0.15) is 5.53 Å². The van der Waals surface area contributed by atoms with E-state index in [-0.39, 0.29) is 60.4 Å². The van der Waals surface area contributed by atoms with Crippen molar-refractivity contribution in [2.75, 3.05) is 39.3 Å². The number of fused-ring (bicyclic) bond motifs is 5. The Bertz CT molecular complexity index is 970. The number of carbonyl (C=O) groups is 2. The molecule has 9 unspecified atom stereocenters. The van der Waals surface area contributed by atoms with E-state index in [1.54, 1.807) is 0 Å². The van der Waals surface area contributed by atoms with Crippen molar-refractivity contribution >= 4 is 11.9 Å². The third-order valence-corrected chi connectivity index (χ3v) is 10.5. The molecule has 0 aliphatic carbocycles. The summed E-state index contributed by atoms with van der Waals surface area (Å²) in [6.45, 7) is 14.4. The SMILES string of the molecule is C=CC(=O)N1CCN(C2NC(=O)N3C4NC(C(F)CC42)C2CNNN2CCCC2CCNC(C(C)C)C23)[C@@H](C)C1. The van der Waals surface area contributed by atoms with Gasteiger partial charge in [0.15, 0.2) is 0 Å². The molecule has 6 rings (SSSR count). The van der Waals surface area contributed by atoms with E-state index in [1.807, 2.05) is 4.90 Å². The molecule has 0 aromatic carbocycles. The minimum Gasteiger partial charge on any atom is -0.336 e. The summed E-state index contributed by atoms with van der Waals surface area (Å²) in [4.78, 5) is 32.8. The normalized spacial score (nSPS) is 43.0. The van der Waals surface area contributed by atoms with Crippen LogP contribution in [0.3, 0.4) is 0 Å². The Hall–Kier alpha value is -1.83. The molecule has 6 aliphatic rings. The number of hydrogen-bond donors (Lipinski definition) is 5. The van der Waals surface area contributed by atoms with Gasteiger partial charge in [-0.3, -0.25) is 15.0 Å². The van der Waals surface area contributed by atoms with Crippen molar-refractivity contribution in [2.24, 2.45) is 17.8 Å². The number of alkyl halides is 1. The highest BCUT2D eigenvalue weighted by Crippen LogP contribution is 2.40. The first-order chi connectivity index (χ1) is 19.3. The van der Waals surface area contributed by atoms with Crippen molar-refractivity contribution < 1.29 is 14.0 Å². The Balaban J connectivity index is 1.36. The summed E-state index contributed by atoms with van der Waals surface area (Å²) >= 11 is 0. The largest absolute Gasteiger partial charge is 0.336 e. The van der Waals surface area contributed by atoms with Gasteiger partial charge in [-0.05, 0) is 57.1 Å². The van der Waals surface area contributed by atoms with Crippen molar-refractivity contribution in [2.45, 2.75) is 95.2 Å². The van der Waals surface area contributed by atoms with Crippen LogP contribution in [0.15, 0.2) is 12.7 Å². The molecule has 10 atom stereocenters. The molecule has 0 radical (unpaired) electrons. The number of halogens is 1. The van der Waals surface area contributed by atoms with E-state index in [2.05, 4.69) is 69.1 Å². The molecule has 6 saturated heterocycles. The van der Waals surface area contributed by atoms with E-state index in [1.165, 1.54) is 6.08 Å². The Labute approximate surface area is 237 Å². The molecule has 12 heteroatoms. The van der Waals surface area contributed by atoms with Crippen LogP contribution in [0, 0.1) is 17.8 Å². The molecule has 0 spiro atoms. The highest BCUT2D eigenvalue weighted by molar-refractivity contribution is 5.87. The summed E-state index contributed by atoms with van der Waals surface area (Å²) in [5.41, 5.74) is 6.53. The minimum atomic E-state index is -1.05. The van der Waals surface area contributed by atoms with Gasteiger partial charge in [0.25, 0.3) is 0 Å². The lowest BCUT2D eigenvalue weighted by molar-refractivity contribution is -0.132. The zero-order valence-electron chi connectivity index (χ0n) is 24.2. The van der Waals surface area contributed by atoms with Crippen LogP contribution in [-0.2, 0) is 4.79 Å². The first-order valence-corrected chi connectivity index (χ1v) is 15.4. The van der Waals surface area contributed by atoms with Gasteiger partial charge in [-0.1, -0.05) is 20.4 Å². The average molecular weight is 562 g/mol. The number of rotatable bonds is 3. The molecule has 2 bridgehead atoms. The molecule has 6 heterocycles. The molecule has 5 N–H and O–H groups in total. The lowest BCUT2D eigenvalue weighted by Crippen LogP contribution is -2.80. The molecule has 3 amide bonds. The van der Waals surface area contributed by atoms with Crippen LogP contribution in [0.5, 0.6) is 0 Å². The number of hydrogen-bond acceptors (Lipinski definition) is 8. The van der Waals surface area contributed by atoms with Gasteiger partial charge in [0.2, 0.25) is 5.91 Å². The van der Waals surface area contributed by atoms with Gasteiger partial charge >= 0.3 is 6.03 Å². The number of carbonyl (C=O) groups excluding carboxylic acids is 2. The maximum atomic E-state index is 16.2. The van der Waals surface area contributed by atoms with Crippen LogP contribution in [0.4, 0.5) is 9.18 Å². The Kier molecular flexibility index (Phi) is 8.10. The summed E-state index contributed by atoms with van der Waals surface area (Å²) in [5, 5.41) is 13.1. The van der Waals surface area contributed by atoms with Crippen LogP contribution in [0.1, 0.15) is 46.5 Å². The fraction of sp³-hybridized carbons (Fsp3) is 0.857. The first-order valence-electron chi connectivity index (χ1n) is 15.4. The van der Waals surface area contributed by atoms with Crippen LogP contribution in [0.2, 0.25) is 0 Å². The zero-order valence-corrected chi connectivity index (χ0v) is 24.2. The second-order valence-corrected chi connectivity index (χ2v) is 13.1. The highest BCUT2D eigenvalue weighted by Gasteiger charge is 2.56. The van der Waals surface area contributed by atoms with Crippen molar-refractivity contribution in [3.05, 3.63) is 12.7 Å². The van der Waals surface area contributed by atoms with Gasteiger partial charge in [0.1, 0.15) is 6.17 Å². The third kappa shape index (κ3) is 4.94. The monoisotopic (exact) mass is 561 g/mol. The standard InChI is InChI=1S/C28H48FN9O2/c1-5-22(39)35-11-12-36(17(4)15-35)26-19-13-20(29)24-21-14-31-34-37(21)10-6-7-18-8-9-30-23(16(2)3)25(18)38(27(19)32-24)28(40)33-26/h5,16-21,23-27,30-32,34H,1,6-15H2,2-4H3,(H,33,40)/t17-,18?,19?,20?,21?,23?,24?,25?,26?,27?/m0/s1. The van der Waals surface area contributed by atoms with Gasteiger partial charge in [-0.15, -0.1) is 0 Å². The predicted octanol–water partition coefficient (Wildman–Crippen LogP) is 0.189. The summed E-state index contributed by atoms with van der Waals surface area (Å²) in [6, 6.07) is -0.243. The van der Waals surface area contributed by atoms with E-state index in [0.29, 0.717) is 44.4 Å². The quantitative estimate of drug-likeness (QED) is 0.311. The van der Waals surface area contributed by atoms with Crippen molar-refractivity contribution in [1.82, 2.24) is 46.6 Å². The summed E-state index contributed by atoms with van der Waals surface area (Å²) < 4.78 is 16.2. The highest BCUT2D eigenvalue weighted by atomic mass is 19.1. The summed E-state index contributed by atoms with van der Waals surface area (Å²) in [6.07, 6.45) is 3.18. The number of amides is 3. The zero-order chi connectivity index (χ0) is 28.1. The molecule has 6 aliphatic heterocycles. The molecular formula is C28H48FN9O2. The van der Waals surface area contributed by atoms with Crippen LogP contribution < -0.4 is 26.9 Å². The second-order valence-electron chi connectivity index (χ2n) is 13.1. The molecule has 224 valence electrons. The van der Waals surface area contributed by atoms with Gasteiger partial charge in [-0.25, -0.2) is 19.6 Å². The van der Waals surface area contributed by atoms with Gasteiger partial charge in [0, 0.05) is 50.7 Å². The molecular weight excluding hydrogens is 513 g/mol. The molecule has 0 aromatic rings. The van der Waals surface area contributed by atoms with Crippen molar-refractivity contribution in [3.8, 4) is 0 Å². The van der Waals surface area contributed by atoms with Crippen LogP contribution in [-0.4, -0.2) is 120 Å². The Morgan fingerprint density at radius 3 is 2.75 bits per heavy atom. The average Bonchev–Trinajstić information content (AvgIpc) is 3.39. The number of nitrogens with zero attached hydrogens (tertiary/aromatic N) is 4. The summed E-state index contributed by atoms with van der Waals surface area (Å²) in [5.74, 6) is 0.540. The fourth-order valence-corrected chi connectivity index (χ4v) is 8.58. The van der Waals surface area contributed by atoms with Crippen LogP contribution in [0.25, 0.3) is 0 Å². The number of piperazine rings is 1. The third-order valence-electron chi connectivity index (χ3n) is 10.5. The Morgan fingerprint density at radius 2 is 2.00 bits per heavy atom. The second kappa shape index (κ2) is 11.4. The number of piperidine rings is 2. The van der Waals surface area contributed by atoms with Gasteiger partial charge < -0.3 is 20.4 Å². The lowest BCUT2D eigenvalue weighted by atomic mass is 9.76. The van der Waals surface area contributed by atoms with Crippen molar-refractivity contribution in [1.29, 1.82) is 0 Å². The topological polar surface area (TPSA) is 107 Å². The van der Waals surface area contributed by atoms with Crippen molar-refractivity contribution in [3.63, 3.8) is 0 Å². The maximum absolute atomic E-state index is 16.2. The van der Waals surface area contributed by atoms with E-state index in [4.69, 9.17) is 0 Å². The molecule has 40 heavy (non-hydrogen) atoms. The maximum Gasteiger partial charge on any atom is 0.320 e. The number of nitrogens with one attached hydrogen (secondary N) is 5. The van der Waals surface area contributed by atoms with E-state index in [9.17, 15) is 9.59 Å². The van der Waals surface area contributed by atoms with E-state index < -0.39 is 6.17 Å².